The van der Waals surface area contributed by atoms with Gasteiger partial charge < -0.3 is 4.42 Å². The molecule has 2 aromatic carbocycles. The number of hydrogen-bond donors (Lipinski definition) is 1. The Morgan fingerprint density at radius 2 is 1.97 bits per heavy atom. The van der Waals surface area contributed by atoms with E-state index in [9.17, 15) is 9.59 Å². The average Bonchev–Trinajstić information content (AvgIpc) is 3.52. The molecule has 1 atom stereocenters. The van der Waals surface area contributed by atoms with E-state index < -0.39 is 0 Å². The molecule has 2 aromatic heterocycles. The van der Waals surface area contributed by atoms with Gasteiger partial charge in [0.25, 0.3) is 5.91 Å². The van der Waals surface area contributed by atoms with E-state index in [0.29, 0.717) is 23.1 Å². The van der Waals surface area contributed by atoms with Gasteiger partial charge in [-0.2, -0.15) is 10.1 Å². The number of oxazole rings is 1. The van der Waals surface area contributed by atoms with Gasteiger partial charge in [0, 0.05) is 29.3 Å². The number of hydrazone groups is 1. The summed E-state index contributed by atoms with van der Waals surface area (Å²) in [5, 5.41) is 10.8. The van der Waals surface area contributed by atoms with Crippen LogP contribution in [-0.4, -0.2) is 27.5 Å². The highest BCUT2D eigenvalue weighted by molar-refractivity contribution is 7.10. The molecule has 4 aromatic rings. The van der Waals surface area contributed by atoms with E-state index in [2.05, 4.69) is 15.4 Å². The molecule has 2 amide bonds. The van der Waals surface area contributed by atoms with Crippen molar-refractivity contribution in [1.29, 1.82) is 0 Å². The maximum Gasteiger partial charge on any atom is 0.302 e. The molecule has 154 valence electrons. The molecular formula is C23H18N4O3S. The lowest BCUT2D eigenvalue weighted by molar-refractivity contribution is -0.130. The molecule has 3 heterocycles. The van der Waals surface area contributed by atoms with Crippen LogP contribution in [0.25, 0.3) is 11.1 Å². The minimum Gasteiger partial charge on any atom is -0.423 e. The third-order valence-electron chi connectivity index (χ3n) is 5.08. The fourth-order valence-electron chi connectivity index (χ4n) is 3.60. The van der Waals surface area contributed by atoms with Crippen LogP contribution < -0.4 is 5.32 Å². The van der Waals surface area contributed by atoms with E-state index in [1.165, 1.54) is 6.92 Å². The maximum absolute atomic E-state index is 12.3. The van der Waals surface area contributed by atoms with Crippen LogP contribution in [0.15, 0.2) is 75.6 Å². The summed E-state index contributed by atoms with van der Waals surface area (Å²) in [4.78, 5) is 30.0. The van der Waals surface area contributed by atoms with Gasteiger partial charge in [-0.15, -0.1) is 11.3 Å². The zero-order valence-electron chi connectivity index (χ0n) is 16.6. The second kappa shape index (κ2) is 7.81. The molecule has 7 nitrogen and oxygen atoms in total. The van der Waals surface area contributed by atoms with Crippen LogP contribution in [0.2, 0.25) is 0 Å². The number of hydrogen-bond acceptors (Lipinski definition) is 6. The first-order valence-corrected chi connectivity index (χ1v) is 10.6. The molecule has 1 aliphatic rings. The van der Waals surface area contributed by atoms with Crippen molar-refractivity contribution in [3.63, 3.8) is 0 Å². The van der Waals surface area contributed by atoms with Crippen LogP contribution in [0, 0.1) is 0 Å². The molecule has 8 heteroatoms. The van der Waals surface area contributed by atoms with Crippen molar-refractivity contribution in [3.05, 3.63) is 82.0 Å². The SMILES string of the molecule is CC(=O)N1N=C(c2ccc3oc(NC(=O)c4ccccc4)nc3c2)CC1c1cccs1. The summed E-state index contributed by atoms with van der Waals surface area (Å²) in [6.45, 7) is 1.52. The van der Waals surface area contributed by atoms with Crippen LogP contribution in [0.4, 0.5) is 6.01 Å². The number of nitrogens with zero attached hydrogens (tertiary/aromatic N) is 3. The molecule has 0 saturated carbocycles. The topological polar surface area (TPSA) is 87.8 Å². The zero-order valence-corrected chi connectivity index (χ0v) is 17.4. The minimum atomic E-state index is -0.288. The molecule has 31 heavy (non-hydrogen) atoms. The quantitative estimate of drug-likeness (QED) is 0.502. The summed E-state index contributed by atoms with van der Waals surface area (Å²) < 4.78 is 5.67. The third-order valence-corrected chi connectivity index (χ3v) is 6.06. The summed E-state index contributed by atoms with van der Waals surface area (Å²) in [5.74, 6) is -0.384. The lowest BCUT2D eigenvalue weighted by atomic mass is 10.0. The van der Waals surface area contributed by atoms with Gasteiger partial charge in [-0.25, -0.2) is 5.01 Å². The smallest absolute Gasteiger partial charge is 0.302 e. The molecule has 1 N–H and O–H groups in total. The summed E-state index contributed by atoms with van der Waals surface area (Å²) in [6.07, 6.45) is 0.626. The van der Waals surface area contributed by atoms with Gasteiger partial charge in [0.2, 0.25) is 5.91 Å². The lowest BCUT2D eigenvalue weighted by Gasteiger charge is -2.18. The van der Waals surface area contributed by atoms with Crippen molar-refractivity contribution < 1.29 is 14.0 Å². The Morgan fingerprint density at radius 1 is 1.13 bits per heavy atom. The number of benzene rings is 2. The van der Waals surface area contributed by atoms with E-state index >= 15 is 0 Å². The van der Waals surface area contributed by atoms with Crippen molar-refractivity contribution in [3.8, 4) is 0 Å². The van der Waals surface area contributed by atoms with Gasteiger partial charge in [-0.3, -0.25) is 14.9 Å². The van der Waals surface area contributed by atoms with Gasteiger partial charge in [0.15, 0.2) is 5.58 Å². The fraction of sp³-hybridized carbons (Fsp3) is 0.130. The van der Waals surface area contributed by atoms with Gasteiger partial charge >= 0.3 is 6.01 Å². The first-order valence-electron chi connectivity index (χ1n) is 9.76. The number of fused-ring (bicyclic) bond motifs is 1. The van der Waals surface area contributed by atoms with Crippen molar-refractivity contribution in [1.82, 2.24) is 9.99 Å². The number of thiophene rings is 1. The normalized spacial score (nSPS) is 15.8. The number of anilines is 1. The number of aromatic nitrogens is 1. The molecule has 0 fully saturated rings. The van der Waals surface area contributed by atoms with Crippen molar-refractivity contribution in [2.75, 3.05) is 5.32 Å². The van der Waals surface area contributed by atoms with Gasteiger partial charge in [-0.05, 0) is 41.8 Å². The summed E-state index contributed by atoms with van der Waals surface area (Å²) in [5.41, 5.74) is 3.37. The maximum atomic E-state index is 12.3. The highest BCUT2D eigenvalue weighted by atomic mass is 32.1. The first kappa shape index (κ1) is 19.2. The molecule has 0 aliphatic carbocycles. The van der Waals surface area contributed by atoms with Crippen LogP contribution in [0.5, 0.6) is 0 Å². The monoisotopic (exact) mass is 430 g/mol. The Bertz CT molecular complexity index is 1300. The molecule has 5 rings (SSSR count). The van der Waals surface area contributed by atoms with Crippen molar-refractivity contribution >= 4 is 46.0 Å². The number of carbonyl (C=O) groups excluding carboxylic acids is 2. The van der Waals surface area contributed by atoms with Gasteiger partial charge in [-0.1, -0.05) is 24.3 Å². The van der Waals surface area contributed by atoms with Crippen LogP contribution in [0.1, 0.15) is 40.2 Å². The van der Waals surface area contributed by atoms with Gasteiger partial charge in [0.1, 0.15) is 5.52 Å². The molecule has 0 saturated heterocycles. The Morgan fingerprint density at radius 3 is 2.71 bits per heavy atom. The van der Waals surface area contributed by atoms with Crippen LogP contribution in [-0.2, 0) is 4.79 Å². The van der Waals surface area contributed by atoms with Crippen molar-refractivity contribution in [2.24, 2.45) is 5.10 Å². The van der Waals surface area contributed by atoms with E-state index in [-0.39, 0.29) is 23.9 Å². The number of carbonyl (C=O) groups is 2. The predicted octanol–water partition coefficient (Wildman–Crippen LogP) is 4.84. The number of amides is 2. The van der Waals surface area contributed by atoms with Crippen molar-refractivity contribution in [2.45, 2.75) is 19.4 Å². The summed E-state index contributed by atoms with van der Waals surface area (Å²) in [7, 11) is 0. The molecule has 0 bridgehead atoms. The third kappa shape index (κ3) is 3.73. The van der Waals surface area contributed by atoms with Crippen LogP contribution in [0.3, 0.4) is 0 Å². The zero-order chi connectivity index (χ0) is 21.4. The van der Waals surface area contributed by atoms with E-state index in [1.807, 2.05) is 35.7 Å². The molecule has 0 radical (unpaired) electrons. The summed E-state index contributed by atoms with van der Waals surface area (Å²) >= 11 is 1.61. The van der Waals surface area contributed by atoms with Gasteiger partial charge in [0.05, 0.1) is 11.8 Å². The highest BCUT2D eigenvalue weighted by Gasteiger charge is 2.32. The Labute approximate surface area is 182 Å². The Kier molecular flexibility index (Phi) is 4.83. The molecule has 0 spiro atoms. The molecule has 1 unspecified atom stereocenters. The minimum absolute atomic E-state index is 0.0955. The second-order valence-electron chi connectivity index (χ2n) is 7.17. The Balaban J connectivity index is 1.40. The molecular weight excluding hydrogens is 412 g/mol. The van der Waals surface area contributed by atoms with E-state index in [0.717, 1.165) is 16.2 Å². The first-order chi connectivity index (χ1) is 15.1. The average molecular weight is 430 g/mol. The summed E-state index contributed by atoms with van der Waals surface area (Å²) in [6, 6.07) is 18.5. The van der Waals surface area contributed by atoms with E-state index in [4.69, 9.17) is 4.42 Å². The molecule has 1 aliphatic heterocycles. The standard InChI is InChI=1S/C23H18N4O3S/c1-14(28)27-19(21-8-5-11-31-21)13-17(26-27)16-9-10-20-18(12-16)24-23(30-20)25-22(29)15-6-3-2-4-7-15/h2-12,19H,13H2,1H3,(H,24,25,29). The largest absolute Gasteiger partial charge is 0.423 e. The predicted molar refractivity (Wildman–Crippen MR) is 119 cm³/mol. The van der Waals surface area contributed by atoms with Crippen LogP contribution >= 0.6 is 11.3 Å². The Hall–Kier alpha value is -3.78. The number of nitrogens with one attached hydrogen (secondary N) is 1. The number of rotatable bonds is 4. The highest BCUT2D eigenvalue weighted by Crippen LogP contribution is 2.35. The second-order valence-corrected chi connectivity index (χ2v) is 8.15. The fourth-order valence-corrected chi connectivity index (χ4v) is 4.41. The van der Waals surface area contributed by atoms with E-state index in [1.54, 1.807) is 46.7 Å². The lowest BCUT2D eigenvalue weighted by Crippen LogP contribution is -2.23.